The monoisotopic (exact) mass is 435 g/mol. The van der Waals surface area contributed by atoms with Gasteiger partial charge in [-0.15, -0.1) is 0 Å². The molecule has 0 bridgehead atoms. The predicted octanol–water partition coefficient (Wildman–Crippen LogP) is 2.76. The Labute approximate surface area is 185 Å². The van der Waals surface area contributed by atoms with Crippen LogP contribution in [0.3, 0.4) is 0 Å². The summed E-state index contributed by atoms with van der Waals surface area (Å²) >= 11 is 0. The van der Waals surface area contributed by atoms with Gasteiger partial charge in [-0.05, 0) is 29.8 Å². The van der Waals surface area contributed by atoms with Gasteiger partial charge in [0.1, 0.15) is 18.2 Å². The van der Waals surface area contributed by atoms with E-state index in [0.29, 0.717) is 13.2 Å². The van der Waals surface area contributed by atoms with Crippen molar-refractivity contribution >= 4 is 0 Å². The first-order valence-electron chi connectivity index (χ1n) is 10.6. The summed E-state index contributed by atoms with van der Waals surface area (Å²) in [5, 5.41) is 8.61. The van der Waals surface area contributed by atoms with E-state index >= 15 is 0 Å². The molecule has 1 aliphatic heterocycles. The third-order valence-corrected chi connectivity index (χ3v) is 5.70. The van der Waals surface area contributed by atoms with Crippen LogP contribution < -0.4 is 0 Å². The molecule has 0 radical (unpaired) electrons. The van der Waals surface area contributed by atoms with Crippen molar-refractivity contribution in [1.82, 2.24) is 34.0 Å². The van der Waals surface area contributed by atoms with Gasteiger partial charge in [0.05, 0.1) is 36.9 Å². The zero-order valence-electron chi connectivity index (χ0n) is 18.2. The van der Waals surface area contributed by atoms with Crippen LogP contribution in [0.2, 0.25) is 0 Å². The molecule has 0 amide bonds. The van der Waals surface area contributed by atoms with Gasteiger partial charge in [-0.2, -0.15) is 10.2 Å². The van der Waals surface area contributed by atoms with Crippen LogP contribution >= 0.6 is 0 Å². The Morgan fingerprint density at radius 1 is 1.00 bits per heavy atom. The zero-order valence-corrected chi connectivity index (χ0v) is 18.2. The summed E-state index contributed by atoms with van der Waals surface area (Å²) in [5.41, 5.74) is 4.25. The first-order valence-corrected chi connectivity index (χ1v) is 10.6. The highest BCUT2D eigenvalue weighted by Gasteiger charge is 2.25. The summed E-state index contributed by atoms with van der Waals surface area (Å²) in [4.78, 5) is 6.88. The van der Waals surface area contributed by atoms with Crippen molar-refractivity contribution in [3.63, 3.8) is 0 Å². The van der Waals surface area contributed by atoms with Crippen LogP contribution in [0.1, 0.15) is 17.0 Å². The normalized spacial score (nSPS) is 15.9. The van der Waals surface area contributed by atoms with Gasteiger partial charge in [0.15, 0.2) is 0 Å². The van der Waals surface area contributed by atoms with Gasteiger partial charge in [-0.3, -0.25) is 14.3 Å². The molecular weight excluding hydrogens is 409 g/mol. The Balaban J connectivity index is 1.34. The molecule has 0 fully saturated rings. The second kappa shape index (κ2) is 8.68. The summed E-state index contributed by atoms with van der Waals surface area (Å²) < 4.78 is 25.4. The number of nitrogens with zero attached hydrogens (tertiary/aromatic N) is 7. The second-order valence-electron chi connectivity index (χ2n) is 8.32. The van der Waals surface area contributed by atoms with Gasteiger partial charge < -0.3 is 9.30 Å². The predicted molar refractivity (Wildman–Crippen MR) is 117 cm³/mol. The fourth-order valence-electron chi connectivity index (χ4n) is 4.24. The van der Waals surface area contributed by atoms with E-state index in [2.05, 4.69) is 24.6 Å². The van der Waals surface area contributed by atoms with Gasteiger partial charge in [0.2, 0.25) is 0 Å². The molecule has 1 atom stereocenters. The minimum absolute atomic E-state index is 0.00393. The van der Waals surface area contributed by atoms with E-state index in [1.54, 1.807) is 12.1 Å². The first kappa shape index (κ1) is 20.6. The van der Waals surface area contributed by atoms with E-state index in [-0.39, 0.29) is 11.9 Å². The van der Waals surface area contributed by atoms with E-state index in [4.69, 9.17) is 4.74 Å². The standard InChI is InChI=1S/C23H26FN7O/c1-28-10-17(7-26-28)12-30(13-18-8-27-29(2)11-18)14-21-15-31-22(9-25-23(31)16-32-21)19-3-5-20(24)6-4-19/h3-11,21H,12-16H2,1-2H3/t21-/m0/s1. The average molecular weight is 436 g/mol. The first-order chi connectivity index (χ1) is 15.5. The highest BCUT2D eigenvalue weighted by Crippen LogP contribution is 2.26. The Hall–Kier alpha value is -3.30. The number of halogens is 1. The largest absolute Gasteiger partial charge is 0.367 e. The van der Waals surface area contributed by atoms with Crippen LogP contribution in [0.25, 0.3) is 11.3 Å². The van der Waals surface area contributed by atoms with Crippen molar-refractivity contribution in [3.8, 4) is 11.3 Å². The second-order valence-corrected chi connectivity index (χ2v) is 8.32. The molecule has 0 unspecified atom stereocenters. The van der Waals surface area contributed by atoms with Gasteiger partial charge in [0, 0.05) is 57.3 Å². The highest BCUT2D eigenvalue weighted by atomic mass is 19.1. The van der Waals surface area contributed by atoms with Crippen molar-refractivity contribution < 1.29 is 9.13 Å². The third-order valence-electron chi connectivity index (χ3n) is 5.70. The van der Waals surface area contributed by atoms with Crippen LogP contribution in [0.5, 0.6) is 0 Å². The van der Waals surface area contributed by atoms with E-state index < -0.39 is 0 Å². The molecule has 0 saturated carbocycles. The topological polar surface area (TPSA) is 65.9 Å². The molecule has 1 aliphatic rings. The Morgan fingerprint density at radius 2 is 1.66 bits per heavy atom. The number of hydrogen-bond acceptors (Lipinski definition) is 5. The third kappa shape index (κ3) is 4.49. The van der Waals surface area contributed by atoms with Crippen molar-refractivity contribution in [3.05, 3.63) is 78.0 Å². The maximum absolute atomic E-state index is 13.4. The molecule has 166 valence electrons. The molecule has 3 aromatic heterocycles. The van der Waals surface area contributed by atoms with Crippen LogP contribution in [-0.2, 0) is 45.1 Å². The zero-order chi connectivity index (χ0) is 22.1. The Bertz CT molecular complexity index is 1150. The van der Waals surface area contributed by atoms with Crippen LogP contribution in [0.15, 0.2) is 55.2 Å². The van der Waals surface area contributed by atoms with Crippen LogP contribution in [-0.4, -0.2) is 46.7 Å². The maximum atomic E-state index is 13.4. The number of ether oxygens (including phenoxy) is 1. The van der Waals surface area contributed by atoms with Gasteiger partial charge >= 0.3 is 0 Å². The number of fused-ring (bicyclic) bond motifs is 1. The lowest BCUT2D eigenvalue weighted by molar-refractivity contribution is -0.0206. The van der Waals surface area contributed by atoms with E-state index in [1.165, 1.54) is 12.1 Å². The fraction of sp³-hybridized carbons (Fsp3) is 0.348. The van der Waals surface area contributed by atoms with E-state index in [1.807, 2.05) is 54.4 Å². The fourth-order valence-corrected chi connectivity index (χ4v) is 4.24. The lowest BCUT2D eigenvalue weighted by Crippen LogP contribution is -2.38. The van der Waals surface area contributed by atoms with Crippen molar-refractivity contribution in [2.45, 2.75) is 32.3 Å². The van der Waals surface area contributed by atoms with Crippen molar-refractivity contribution in [2.24, 2.45) is 14.1 Å². The van der Waals surface area contributed by atoms with E-state index in [9.17, 15) is 4.39 Å². The molecule has 0 N–H and O–H groups in total. The molecule has 0 saturated heterocycles. The van der Waals surface area contributed by atoms with Gasteiger partial charge in [-0.1, -0.05) is 0 Å². The minimum atomic E-state index is -0.241. The van der Waals surface area contributed by atoms with Crippen LogP contribution in [0.4, 0.5) is 4.39 Å². The quantitative estimate of drug-likeness (QED) is 0.447. The molecule has 0 spiro atoms. The summed E-state index contributed by atoms with van der Waals surface area (Å²) in [7, 11) is 3.85. The maximum Gasteiger partial charge on any atom is 0.135 e. The number of aryl methyl sites for hydroxylation is 2. The smallest absolute Gasteiger partial charge is 0.135 e. The lowest BCUT2D eigenvalue weighted by Gasteiger charge is -2.31. The summed E-state index contributed by atoms with van der Waals surface area (Å²) in [6.45, 7) is 3.44. The SMILES string of the molecule is Cn1cc(CN(Cc2cnn(C)c2)C[C@H]2Cn3c(-c4ccc(F)cc4)cnc3CO2)cn1. The molecular formula is C23H26FN7O. The molecule has 0 aliphatic carbocycles. The molecule has 32 heavy (non-hydrogen) atoms. The number of benzene rings is 1. The summed E-state index contributed by atoms with van der Waals surface area (Å²) in [6.07, 6.45) is 9.73. The Kier molecular flexibility index (Phi) is 5.59. The number of imidazole rings is 1. The minimum Gasteiger partial charge on any atom is -0.367 e. The number of aromatic nitrogens is 6. The summed E-state index contributed by atoms with van der Waals surface area (Å²) in [5.74, 6) is 0.654. The number of rotatable bonds is 7. The Morgan fingerprint density at radius 3 is 2.25 bits per heavy atom. The van der Waals surface area contributed by atoms with Gasteiger partial charge in [-0.25, -0.2) is 9.37 Å². The molecule has 9 heteroatoms. The molecule has 5 rings (SSSR count). The highest BCUT2D eigenvalue weighted by molar-refractivity contribution is 5.59. The van der Waals surface area contributed by atoms with Crippen molar-refractivity contribution in [2.75, 3.05) is 6.54 Å². The molecule has 1 aromatic carbocycles. The summed E-state index contributed by atoms with van der Waals surface area (Å²) in [6, 6.07) is 6.55. The van der Waals surface area contributed by atoms with E-state index in [0.717, 1.165) is 47.8 Å². The average Bonchev–Trinajstić information content (AvgIpc) is 3.49. The molecule has 4 heterocycles. The van der Waals surface area contributed by atoms with Gasteiger partial charge in [0.25, 0.3) is 0 Å². The number of hydrogen-bond donors (Lipinski definition) is 0. The lowest BCUT2D eigenvalue weighted by atomic mass is 10.1. The molecule has 4 aromatic rings. The molecule has 8 nitrogen and oxygen atoms in total. The van der Waals surface area contributed by atoms with Crippen molar-refractivity contribution in [1.29, 1.82) is 0 Å². The van der Waals surface area contributed by atoms with Crippen LogP contribution in [0, 0.1) is 5.82 Å².